The van der Waals surface area contributed by atoms with Crippen LogP contribution in [-0.2, 0) is 0 Å². The zero-order chi connectivity index (χ0) is 6.97. The predicted molar refractivity (Wildman–Crippen MR) is 51.9 cm³/mol. The zero-order valence-electron chi connectivity index (χ0n) is 6.46. The molecule has 0 amide bonds. The maximum absolute atomic E-state index is 3.28. The molecular formula is C8H12ClNS. The minimum atomic E-state index is 0. The molecule has 0 spiro atoms. The average Bonchev–Trinajstić information content (AvgIpc) is 2.10. The fourth-order valence-corrected chi connectivity index (χ4v) is 2.14. The second kappa shape index (κ2) is 3.57. The third kappa shape index (κ3) is 1.75. The minimum absolute atomic E-state index is 0. The highest BCUT2D eigenvalue weighted by Crippen LogP contribution is 2.26. The summed E-state index contributed by atoms with van der Waals surface area (Å²) in [7, 11) is 0. The molecule has 0 atom stereocenters. The molecule has 0 aliphatic carbocycles. The van der Waals surface area contributed by atoms with Gasteiger partial charge >= 0.3 is 0 Å². The highest BCUT2D eigenvalue weighted by molar-refractivity contribution is 7.12. The van der Waals surface area contributed by atoms with Crippen LogP contribution in [0.4, 0.5) is 0 Å². The van der Waals surface area contributed by atoms with Crippen molar-refractivity contribution in [1.82, 2.24) is 5.32 Å². The Hall–Kier alpha value is -0.0500. The molecule has 11 heavy (non-hydrogen) atoms. The van der Waals surface area contributed by atoms with Crippen molar-refractivity contribution in [3.8, 4) is 0 Å². The van der Waals surface area contributed by atoms with Crippen LogP contribution in [-0.4, -0.2) is 13.1 Å². The summed E-state index contributed by atoms with van der Waals surface area (Å²) >= 11 is 1.93. The third-order valence-electron chi connectivity index (χ3n) is 1.94. The van der Waals surface area contributed by atoms with Crippen LogP contribution in [0.2, 0.25) is 0 Å². The molecule has 1 aliphatic rings. The molecule has 0 aromatic carbocycles. The highest BCUT2D eigenvalue weighted by Gasteiger charge is 2.19. The summed E-state index contributed by atoms with van der Waals surface area (Å²) < 4.78 is 0. The van der Waals surface area contributed by atoms with Gasteiger partial charge in [0.1, 0.15) is 0 Å². The van der Waals surface area contributed by atoms with Crippen molar-refractivity contribution in [2.24, 2.45) is 0 Å². The number of aryl methyl sites for hydroxylation is 1. The number of rotatable bonds is 1. The molecule has 1 aliphatic heterocycles. The molecule has 1 aromatic rings. The topological polar surface area (TPSA) is 12.0 Å². The van der Waals surface area contributed by atoms with Crippen molar-refractivity contribution in [3.63, 3.8) is 0 Å². The SMILES string of the molecule is Cc1ccc(C2CNC2)s1.Cl. The Morgan fingerprint density at radius 2 is 2.18 bits per heavy atom. The van der Waals surface area contributed by atoms with E-state index in [1.807, 2.05) is 11.3 Å². The summed E-state index contributed by atoms with van der Waals surface area (Å²) in [4.78, 5) is 2.98. The molecule has 2 rings (SSSR count). The molecule has 1 fully saturated rings. The van der Waals surface area contributed by atoms with E-state index in [2.05, 4.69) is 24.4 Å². The first kappa shape index (κ1) is 9.04. The zero-order valence-corrected chi connectivity index (χ0v) is 8.10. The first-order valence-electron chi connectivity index (χ1n) is 3.63. The Bertz CT molecular complexity index is 230. The lowest BCUT2D eigenvalue weighted by atomic mass is 10.0. The van der Waals surface area contributed by atoms with Crippen LogP contribution in [0, 0.1) is 6.92 Å². The van der Waals surface area contributed by atoms with Gasteiger partial charge in [0, 0.05) is 28.8 Å². The van der Waals surface area contributed by atoms with E-state index >= 15 is 0 Å². The molecule has 1 saturated heterocycles. The minimum Gasteiger partial charge on any atom is -0.315 e. The van der Waals surface area contributed by atoms with Crippen LogP contribution in [0.3, 0.4) is 0 Å². The highest BCUT2D eigenvalue weighted by atomic mass is 35.5. The van der Waals surface area contributed by atoms with Crippen LogP contribution in [0.25, 0.3) is 0 Å². The molecule has 3 heteroatoms. The number of nitrogens with one attached hydrogen (secondary N) is 1. The first-order valence-corrected chi connectivity index (χ1v) is 4.45. The molecule has 1 nitrogen and oxygen atoms in total. The Morgan fingerprint density at radius 3 is 2.55 bits per heavy atom. The molecule has 62 valence electrons. The Kier molecular flexibility index (Phi) is 2.93. The van der Waals surface area contributed by atoms with Crippen LogP contribution in [0.1, 0.15) is 15.7 Å². The van der Waals surface area contributed by atoms with E-state index in [-0.39, 0.29) is 12.4 Å². The second-order valence-corrected chi connectivity index (χ2v) is 4.12. The maximum Gasteiger partial charge on any atom is 0.0183 e. The summed E-state index contributed by atoms with van der Waals surface area (Å²) in [5, 5.41) is 3.28. The quantitative estimate of drug-likeness (QED) is 0.714. The van der Waals surface area contributed by atoms with E-state index in [9.17, 15) is 0 Å². The van der Waals surface area contributed by atoms with E-state index in [1.54, 1.807) is 4.88 Å². The van der Waals surface area contributed by atoms with Crippen molar-refractivity contribution in [2.45, 2.75) is 12.8 Å². The number of hydrogen-bond acceptors (Lipinski definition) is 2. The van der Waals surface area contributed by atoms with Gasteiger partial charge in [0.05, 0.1) is 0 Å². The molecule has 0 radical (unpaired) electrons. The van der Waals surface area contributed by atoms with Crippen molar-refractivity contribution in [3.05, 3.63) is 21.9 Å². The predicted octanol–water partition coefficient (Wildman–Crippen LogP) is 2.17. The number of thiophene rings is 1. The van der Waals surface area contributed by atoms with Crippen molar-refractivity contribution < 1.29 is 0 Å². The van der Waals surface area contributed by atoms with E-state index in [0.29, 0.717) is 0 Å². The van der Waals surface area contributed by atoms with E-state index < -0.39 is 0 Å². The van der Waals surface area contributed by atoms with Crippen LogP contribution < -0.4 is 5.32 Å². The lowest BCUT2D eigenvalue weighted by molar-refractivity contribution is 0.454. The molecule has 0 bridgehead atoms. The monoisotopic (exact) mass is 189 g/mol. The van der Waals surface area contributed by atoms with Crippen LogP contribution in [0.15, 0.2) is 12.1 Å². The molecule has 0 unspecified atom stereocenters. The second-order valence-electron chi connectivity index (χ2n) is 2.80. The summed E-state index contributed by atoms with van der Waals surface area (Å²) in [6.07, 6.45) is 0. The van der Waals surface area contributed by atoms with Gasteiger partial charge < -0.3 is 5.32 Å². The number of halogens is 1. The lowest BCUT2D eigenvalue weighted by Gasteiger charge is -2.25. The summed E-state index contributed by atoms with van der Waals surface area (Å²) in [5.41, 5.74) is 0. The van der Waals surface area contributed by atoms with Gasteiger partial charge in [-0.2, -0.15) is 0 Å². The molecule has 2 heterocycles. The smallest absolute Gasteiger partial charge is 0.0183 e. The molecule has 1 aromatic heterocycles. The van der Waals surface area contributed by atoms with E-state index in [4.69, 9.17) is 0 Å². The van der Waals surface area contributed by atoms with Gasteiger partial charge in [-0.05, 0) is 19.1 Å². The van der Waals surface area contributed by atoms with Crippen LogP contribution >= 0.6 is 23.7 Å². The third-order valence-corrected chi connectivity index (χ3v) is 3.11. The summed E-state index contributed by atoms with van der Waals surface area (Å²) in [5.74, 6) is 0.818. The standard InChI is InChI=1S/C8H11NS.ClH/c1-6-2-3-8(10-6)7-4-9-5-7;/h2-3,7,9H,4-5H2,1H3;1H. The van der Waals surface area contributed by atoms with Crippen molar-refractivity contribution in [2.75, 3.05) is 13.1 Å². The molecule has 1 N–H and O–H groups in total. The average molecular weight is 190 g/mol. The van der Waals surface area contributed by atoms with Gasteiger partial charge in [-0.3, -0.25) is 0 Å². The largest absolute Gasteiger partial charge is 0.315 e. The van der Waals surface area contributed by atoms with E-state index in [1.165, 1.54) is 18.0 Å². The fraction of sp³-hybridized carbons (Fsp3) is 0.500. The van der Waals surface area contributed by atoms with E-state index in [0.717, 1.165) is 5.92 Å². The number of hydrogen-bond donors (Lipinski definition) is 1. The lowest BCUT2D eigenvalue weighted by Crippen LogP contribution is -2.39. The van der Waals surface area contributed by atoms with Crippen LogP contribution in [0.5, 0.6) is 0 Å². The Labute approximate surface area is 77.2 Å². The molecule has 0 saturated carbocycles. The van der Waals surface area contributed by atoms with Gasteiger partial charge in [0.25, 0.3) is 0 Å². The van der Waals surface area contributed by atoms with Gasteiger partial charge in [-0.1, -0.05) is 0 Å². The van der Waals surface area contributed by atoms with Gasteiger partial charge in [-0.15, -0.1) is 23.7 Å². The Balaban J connectivity index is 0.000000605. The van der Waals surface area contributed by atoms with Crippen molar-refractivity contribution >= 4 is 23.7 Å². The summed E-state index contributed by atoms with van der Waals surface area (Å²) in [6, 6.07) is 4.46. The van der Waals surface area contributed by atoms with Gasteiger partial charge in [-0.25, -0.2) is 0 Å². The van der Waals surface area contributed by atoms with Crippen molar-refractivity contribution in [1.29, 1.82) is 0 Å². The first-order chi connectivity index (χ1) is 4.86. The Morgan fingerprint density at radius 1 is 1.45 bits per heavy atom. The van der Waals surface area contributed by atoms with Gasteiger partial charge in [0.2, 0.25) is 0 Å². The summed E-state index contributed by atoms with van der Waals surface area (Å²) in [6.45, 7) is 4.53. The fourth-order valence-electron chi connectivity index (χ4n) is 1.16. The maximum atomic E-state index is 3.28. The van der Waals surface area contributed by atoms with Gasteiger partial charge in [0.15, 0.2) is 0 Å². The molecular weight excluding hydrogens is 178 g/mol. The normalized spacial score (nSPS) is 17.2.